The Labute approximate surface area is 90.5 Å². The Morgan fingerprint density at radius 3 is 2.93 bits per heavy atom. The molecule has 1 aromatic rings. The van der Waals surface area contributed by atoms with Gasteiger partial charge in [0.2, 0.25) is 0 Å². The molecule has 7 heteroatoms. The second kappa shape index (κ2) is 5.94. The third-order valence-electron chi connectivity index (χ3n) is 1.82. The van der Waals surface area contributed by atoms with Gasteiger partial charge < -0.3 is 19.4 Å². The van der Waals surface area contributed by atoms with Crippen LogP contribution in [0.15, 0.2) is 6.20 Å². The largest absolute Gasteiger partial charge is 0.390 e. The predicted octanol–water partition coefficient (Wildman–Crippen LogP) is 1.32. The van der Waals surface area contributed by atoms with Crippen molar-refractivity contribution in [3.05, 3.63) is 16.7 Å². The van der Waals surface area contributed by atoms with Crippen LogP contribution in [0, 0.1) is 4.77 Å². The molecule has 0 aliphatic carbocycles. The van der Waals surface area contributed by atoms with E-state index in [-0.39, 0.29) is 13.2 Å². The van der Waals surface area contributed by atoms with Crippen LogP contribution >= 0.6 is 12.2 Å². The fourth-order valence-electron chi connectivity index (χ4n) is 1.14. The number of aromatic nitrogens is 2. The number of ether oxygens (including phenoxy) is 1. The van der Waals surface area contributed by atoms with Crippen LogP contribution in [0.2, 0.25) is 0 Å². The lowest BCUT2D eigenvalue weighted by Crippen LogP contribution is -2.12. The first kappa shape index (κ1) is 12.3. The molecular weight excluding hydrogens is 226 g/mol. The molecule has 0 aliphatic heterocycles. The fraction of sp³-hybridized carbons (Fsp3) is 0.625. The number of nitrogens with zero attached hydrogens (tertiary/aromatic N) is 1. The Balaban J connectivity index is 2.43. The SMILES string of the molecule is OCc1c[nH]c(=S)n1CCOCC(F)F. The van der Waals surface area contributed by atoms with Crippen LogP contribution < -0.4 is 0 Å². The molecule has 15 heavy (non-hydrogen) atoms. The number of rotatable bonds is 6. The molecule has 2 N–H and O–H groups in total. The van der Waals surface area contributed by atoms with E-state index in [1.165, 1.54) is 0 Å². The normalized spacial score (nSPS) is 11.2. The quantitative estimate of drug-likeness (QED) is 0.580. The van der Waals surface area contributed by atoms with Gasteiger partial charge in [0.1, 0.15) is 6.61 Å². The molecule has 4 nitrogen and oxygen atoms in total. The van der Waals surface area contributed by atoms with Crippen molar-refractivity contribution < 1.29 is 18.6 Å². The summed E-state index contributed by atoms with van der Waals surface area (Å²) in [5.74, 6) is 0. The van der Waals surface area contributed by atoms with E-state index in [1.807, 2.05) is 0 Å². The van der Waals surface area contributed by atoms with Crippen LogP contribution in [-0.4, -0.2) is 34.3 Å². The van der Waals surface area contributed by atoms with Crippen molar-refractivity contribution in [2.75, 3.05) is 13.2 Å². The van der Waals surface area contributed by atoms with E-state index >= 15 is 0 Å². The van der Waals surface area contributed by atoms with Gasteiger partial charge in [-0.15, -0.1) is 0 Å². The molecule has 0 aromatic carbocycles. The first-order valence-electron chi connectivity index (χ1n) is 4.39. The van der Waals surface area contributed by atoms with Crippen LogP contribution in [0.3, 0.4) is 0 Å². The van der Waals surface area contributed by atoms with Gasteiger partial charge in [-0.1, -0.05) is 0 Å². The molecule has 86 valence electrons. The van der Waals surface area contributed by atoms with Crippen LogP contribution in [0.1, 0.15) is 5.69 Å². The zero-order valence-corrected chi connectivity index (χ0v) is 8.77. The Kier molecular flexibility index (Phi) is 4.86. The summed E-state index contributed by atoms with van der Waals surface area (Å²) >= 11 is 4.93. The van der Waals surface area contributed by atoms with Crippen molar-refractivity contribution in [3.63, 3.8) is 0 Å². The number of aromatic amines is 1. The maximum atomic E-state index is 11.7. The van der Waals surface area contributed by atoms with Crippen molar-refractivity contribution in [2.45, 2.75) is 19.6 Å². The van der Waals surface area contributed by atoms with E-state index in [2.05, 4.69) is 4.98 Å². The number of alkyl halides is 2. The molecule has 0 saturated carbocycles. The number of nitrogens with one attached hydrogen (secondary N) is 1. The van der Waals surface area contributed by atoms with Crippen LogP contribution in [0.25, 0.3) is 0 Å². The first-order valence-corrected chi connectivity index (χ1v) is 4.79. The molecule has 1 rings (SSSR count). The van der Waals surface area contributed by atoms with Gasteiger partial charge in [-0.05, 0) is 12.2 Å². The van der Waals surface area contributed by atoms with E-state index in [0.717, 1.165) is 0 Å². The standard InChI is InChI=1S/C8H12F2N2O2S/c9-7(10)5-14-2-1-12-6(4-13)3-11-8(12)15/h3,7,13H,1-2,4-5H2,(H,11,15). The van der Waals surface area contributed by atoms with E-state index < -0.39 is 13.0 Å². The lowest BCUT2D eigenvalue weighted by molar-refractivity contribution is 0.0143. The molecular formula is C8H12F2N2O2S. The van der Waals surface area contributed by atoms with Gasteiger partial charge in [-0.25, -0.2) is 8.78 Å². The van der Waals surface area contributed by atoms with Crippen LogP contribution in [-0.2, 0) is 17.9 Å². The maximum absolute atomic E-state index is 11.7. The van der Waals surface area contributed by atoms with Gasteiger partial charge in [0, 0.05) is 12.7 Å². The molecule has 0 amide bonds. The van der Waals surface area contributed by atoms with Crippen molar-refractivity contribution in [3.8, 4) is 0 Å². The average molecular weight is 238 g/mol. The predicted molar refractivity (Wildman–Crippen MR) is 52.4 cm³/mol. The summed E-state index contributed by atoms with van der Waals surface area (Å²) in [4.78, 5) is 2.75. The summed E-state index contributed by atoms with van der Waals surface area (Å²) in [6.07, 6.45) is -0.878. The highest BCUT2D eigenvalue weighted by molar-refractivity contribution is 7.71. The number of hydrogen-bond acceptors (Lipinski definition) is 3. The second-order valence-electron chi connectivity index (χ2n) is 2.86. The number of imidazole rings is 1. The Morgan fingerprint density at radius 2 is 2.33 bits per heavy atom. The summed E-state index contributed by atoms with van der Waals surface area (Å²) in [7, 11) is 0. The number of aliphatic hydroxyl groups excluding tert-OH is 1. The van der Waals surface area contributed by atoms with Crippen molar-refractivity contribution >= 4 is 12.2 Å². The maximum Gasteiger partial charge on any atom is 0.261 e. The third-order valence-corrected chi connectivity index (χ3v) is 2.16. The Morgan fingerprint density at radius 1 is 1.60 bits per heavy atom. The average Bonchev–Trinajstić information content (AvgIpc) is 2.54. The molecule has 0 fully saturated rings. The van der Waals surface area contributed by atoms with Crippen molar-refractivity contribution in [1.29, 1.82) is 0 Å². The summed E-state index contributed by atoms with van der Waals surface area (Å²) in [5, 5.41) is 8.93. The minimum absolute atomic E-state index is 0.142. The van der Waals surface area contributed by atoms with Crippen molar-refractivity contribution in [1.82, 2.24) is 9.55 Å². The summed E-state index contributed by atoms with van der Waals surface area (Å²) < 4.78 is 30.2. The highest BCUT2D eigenvalue weighted by atomic mass is 32.1. The molecule has 0 aliphatic rings. The third kappa shape index (κ3) is 3.69. The summed E-state index contributed by atoms with van der Waals surface area (Å²) in [6, 6.07) is 0. The molecule has 0 spiro atoms. The van der Waals surface area contributed by atoms with Crippen molar-refractivity contribution in [2.24, 2.45) is 0 Å². The number of aliphatic hydroxyl groups is 1. The van der Waals surface area contributed by atoms with Gasteiger partial charge in [0.15, 0.2) is 4.77 Å². The van der Waals surface area contributed by atoms with Crippen LogP contribution in [0.5, 0.6) is 0 Å². The fourth-order valence-corrected chi connectivity index (χ4v) is 1.40. The van der Waals surface area contributed by atoms with E-state index in [0.29, 0.717) is 17.0 Å². The summed E-state index contributed by atoms with van der Waals surface area (Å²) in [5.41, 5.74) is 0.612. The molecule has 0 radical (unpaired) electrons. The zero-order valence-electron chi connectivity index (χ0n) is 7.95. The molecule has 1 heterocycles. The van der Waals surface area contributed by atoms with Gasteiger partial charge in [0.05, 0.1) is 18.9 Å². The first-order chi connectivity index (χ1) is 7.15. The Bertz CT molecular complexity index is 351. The van der Waals surface area contributed by atoms with E-state index in [1.54, 1.807) is 10.8 Å². The number of hydrogen-bond donors (Lipinski definition) is 2. The number of H-pyrrole nitrogens is 1. The second-order valence-corrected chi connectivity index (χ2v) is 3.25. The van der Waals surface area contributed by atoms with Gasteiger partial charge in [0.25, 0.3) is 6.43 Å². The highest BCUT2D eigenvalue weighted by Gasteiger charge is 2.04. The smallest absolute Gasteiger partial charge is 0.261 e. The van der Waals surface area contributed by atoms with E-state index in [9.17, 15) is 8.78 Å². The molecule has 0 unspecified atom stereocenters. The van der Waals surface area contributed by atoms with Gasteiger partial charge in [-0.2, -0.15) is 0 Å². The number of halogens is 2. The Hall–Kier alpha value is -0.790. The van der Waals surface area contributed by atoms with Gasteiger partial charge in [-0.3, -0.25) is 0 Å². The monoisotopic (exact) mass is 238 g/mol. The zero-order chi connectivity index (χ0) is 11.3. The van der Waals surface area contributed by atoms with Crippen LogP contribution in [0.4, 0.5) is 8.78 Å². The summed E-state index contributed by atoms with van der Waals surface area (Å²) in [6.45, 7) is -0.233. The lowest BCUT2D eigenvalue weighted by Gasteiger charge is -2.07. The topological polar surface area (TPSA) is 50.2 Å². The molecule has 0 bridgehead atoms. The van der Waals surface area contributed by atoms with Gasteiger partial charge >= 0.3 is 0 Å². The minimum Gasteiger partial charge on any atom is -0.390 e. The van der Waals surface area contributed by atoms with E-state index in [4.69, 9.17) is 22.1 Å². The highest BCUT2D eigenvalue weighted by Crippen LogP contribution is 2.02. The lowest BCUT2D eigenvalue weighted by atomic mass is 10.5. The molecule has 1 aromatic heterocycles. The molecule has 0 saturated heterocycles. The minimum atomic E-state index is -2.46. The molecule has 0 atom stereocenters.